The number of carbonyl (C=O) groups is 4. The summed E-state index contributed by atoms with van der Waals surface area (Å²) in [5.41, 5.74) is 1.04. The van der Waals surface area contributed by atoms with E-state index in [4.69, 9.17) is 18.4 Å². The zero-order valence-electron chi connectivity index (χ0n) is 22.4. The molecule has 0 fully saturated rings. The third kappa shape index (κ3) is 26.3. The molecule has 0 aromatic rings. The number of unbranched alkanes of at least 4 members (excludes halogenated alkanes) is 14. The molecule has 0 rings (SSSR count). The van der Waals surface area contributed by atoms with E-state index < -0.39 is 32.7 Å². The molecule has 0 saturated heterocycles. The van der Waals surface area contributed by atoms with Gasteiger partial charge in [-0.25, -0.2) is 0 Å². The lowest BCUT2D eigenvalue weighted by Crippen LogP contribution is -2.47. The Morgan fingerprint density at radius 1 is 0.629 bits per heavy atom. The third-order valence-electron chi connectivity index (χ3n) is 5.10. The fraction of sp³-hybridized carbons (Fsp3) is 0.769. The van der Waals surface area contributed by atoms with Crippen molar-refractivity contribution in [1.82, 2.24) is 0 Å². The molecule has 0 amide bonds. The molecule has 0 aromatic carbocycles. The molecule has 0 aromatic heterocycles. The predicted molar refractivity (Wildman–Crippen MR) is 138 cm³/mol. The van der Waals surface area contributed by atoms with E-state index in [1.54, 1.807) is 0 Å². The van der Waals surface area contributed by atoms with Crippen LogP contribution in [0.1, 0.15) is 130 Å². The summed E-state index contributed by atoms with van der Waals surface area (Å²) in [5.74, 6) is -2.81. The number of rotatable bonds is 20. The first-order valence-electron chi connectivity index (χ1n) is 13.0. The van der Waals surface area contributed by atoms with E-state index in [-0.39, 0.29) is 0 Å². The van der Waals surface area contributed by atoms with Crippen molar-refractivity contribution in [3.05, 3.63) is 12.3 Å². The zero-order chi connectivity index (χ0) is 27.0. The summed E-state index contributed by atoms with van der Waals surface area (Å²) in [5, 5.41) is 8.52. The predicted octanol–water partition coefficient (Wildman–Crippen LogP) is 6.67. The smallest absolute Gasteiger partial charge is 0.481 e. The van der Waals surface area contributed by atoms with Gasteiger partial charge in [0, 0.05) is 32.9 Å². The first kappa shape index (κ1) is 35.0. The van der Waals surface area contributed by atoms with Crippen LogP contribution < -0.4 is 0 Å². The molecule has 8 nitrogen and oxygen atoms in total. The number of carboxylic acids is 1. The molecule has 0 aliphatic rings. The Morgan fingerprint density at radius 2 is 0.914 bits per heavy atom. The molecule has 0 saturated carbocycles. The summed E-state index contributed by atoms with van der Waals surface area (Å²) in [6.07, 6.45) is 20.2. The monoisotopic (exact) mass is 516 g/mol. The number of aliphatic carboxylic acids is 1. The van der Waals surface area contributed by atoms with Crippen molar-refractivity contribution < 1.29 is 37.6 Å². The van der Waals surface area contributed by atoms with E-state index in [2.05, 4.69) is 13.5 Å². The van der Waals surface area contributed by atoms with Crippen molar-refractivity contribution in [2.45, 2.75) is 130 Å². The largest absolute Gasteiger partial charge is 0.734 e. The van der Waals surface area contributed by atoms with Crippen molar-refractivity contribution in [3.63, 3.8) is 0 Å². The molecule has 9 heteroatoms. The second-order valence-electron chi connectivity index (χ2n) is 8.68. The van der Waals surface area contributed by atoms with E-state index in [1.807, 2.05) is 0 Å². The molecular formula is C26H48O8Si. The Labute approximate surface area is 213 Å². The summed E-state index contributed by atoms with van der Waals surface area (Å²) in [4.78, 5) is 42.6. The Morgan fingerprint density at radius 3 is 1.14 bits per heavy atom. The quantitative estimate of drug-likeness (QED) is 0.141. The highest BCUT2D eigenvalue weighted by Crippen LogP contribution is 2.14. The molecular weight excluding hydrogens is 468 g/mol. The van der Waals surface area contributed by atoms with Crippen LogP contribution >= 0.6 is 0 Å². The minimum Gasteiger partial charge on any atom is -0.481 e. The maximum atomic E-state index is 10.8. The molecule has 0 unspecified atom stereocenters. The van der Waals surface area contributed by atoms with Crippen LogP contribution in [0.3, 0.4) is 0 Å². The molecule has 0 atom stereocenters. The summed E-state index contributed by atoms with van der Waals surface area (Å²) >= 11 is 0. The topological polar surface area (TPSA) is 116 Å². The van der Waals surface area contributed by atoms with Crippen molar-refractivity contribution in [3.8, 4) is 0 Å². The lowest BCUT2D eigenvalue weighted by Gasteiger charge is -2.22. The van der Waals surface area contributed by atoms with E-state index in [1.165, 1.54) is 83.5 Å². The summed E-state index contributed by atoms with van der Waals surface area (Å²) < 4.78 is 14.1. The van der Waals surface area contributed by atoms with Crippen molar-refractivity contribution in [1.29, 1.82) is 0 Å². The molecule has 0 bridgehead atoms. The highest BCUT2D eigenvalue weighted by atomic mass is 28.4. The van der Waals surface area contributed by atoms with Gasteiger partial charge in [0.1, 0.15) is 0 Å². The average molecular weight is 517 g/mol. The van der Waals surface area contributed by atoms with Gasteiger partial charge >= 0.3 is 14.8 Å². The van der Waals surface area contributed by atoms with Gasteiger partial charge in [-0.3, -0.25) is 19.2 Å². The number of carbonyl (C=O) groups excluding carboxylic acids is 3. The number of hydrogen-bond donors (Lipinski definition) is 1. The van der Waals surface area contributed by atoms with Crippen molar-refractivity contribution in [2.24, 2.45) is 0 Å². The SMILES string of the molecule is C=C[Si](OC(C)=O)(OC(C)=O)OC(C)=O.CCCCCCCCCCCCCCCCCC(=O)O. The van der Waals surface area contributed by atoms with E-state index in [0.29, 0.717) is 6.42 Å². The van der Waals surface area contributed by atoms with Crippen LogP contribution in [-0.2, 0) is 32.5 Å². The Kier molecular flexibility index (Phi) is 23.6. The van der Waals surface area contributed by atoms with Gasteiger partial charge in [0.15, 0.2) is 0 Å². The molecule has 0 aliphatic carbocycles. The molecule has 0 aliphatic heterocycles. The van der Waals surface area contributed by atoms with Crippen molar-refractivity contribution in [2.75, 3.05) is 0 Å². The average Bonchev–Trinajstić information content (AvgIpc) is 2.75. The Bertz CT molecular complexity index is 565. The van der Waals surface area contributed by atoms with Gasteiger partial charge in [-0.05, 0) is 6.42 Å². The number of carboxylic acid groups (broad SMARTS) is 1. The van der Waals surface area contributed by atoms with E-state index in [9.17, 15) is 19.2 Å². The van der Waals surface area contributed by atoms with Crippen LogP contribution in [0.15, 0.2) is 12.3 Å². The minimum atomic E-state index is -3.74. The minimum absolute atomic E-state index is 0.345. The molecule has 0 radical (unpaired) electrons. The lowest BCUT2D eigenvalue weighted by molar-refractivity contribution is -0.147. The number of hydrogen-bond acceptors (Lipinski definition) is 7. The zero-order valence-corrected chi connectivity index (χ0v) is 23.4. The summed E-state index contributed by atoms with van der Waals surface area (Å²) in [6, 6.07) is 0. The van der Waals surface area contributed by atoms with Crippen LogP contribution in [0.4, 0.5) is 0 Å². The Balaban J connectivity index is 0. The summed E-state index contributed by atoms with van der Waals surface area (Å²) in [7, 11) is -3.74. The maximum Gasteiger partial charge on any atom is 0.734 e. The summed E-state index contributed by atoms with van der Waals surface area (Å²) in [6.45, 7) is 8.92. The third-order valence-corrected chi connectivity index (χ3v) is 7.32. The molecule has 0 spiro atoms. The molecule has 204 valence electrons. The molecule has 1 N–H and O–H groups in total. The lowest BCUT2D eigenvalue weighted by atomic mass is 10.0. The van der Waals surface area contributed by atoms with Crippen LogP contribution in [0.25, 0.3) is 0 Å². The van der Waals surface area contributed by atoms with Gasteiger partial charge in [-0.1, -0.05) is 103 Å². The highest BCUT2D eigenvalue weighted by molar-refractivity contribution is 6.70. The van der Waals surface area contributed by atoms with Crippen LogP contribution in [0.5, 0.6) is 0 Å². The fourth-order valence-corrected chi connectivity index (χ4v) is 5.01. The standard InChI is InChI=1S/C18H36O2.C8H12O6Si/c1-2-3-4-5-6-7-8-9-10-11-12-13-14-15-16-17-18(19)20;1-5-15(12-6(2)9,13-7(3)10)14-8(4)11/h2-17H2,1H3,(H,19,20);5H,1H2,2-4H3. The van der Waals surface area contributed by atoms with Crippen LogP contribution in [-0.4, -0.2) is 37.8 Å². The van der Waals surface area contributed by atoms with E-state index in [0.717, 1.165) is 39.3 Å². The normalized spacial score (nSPS) is 10.5. The van der Waals surface area contributed by atoms with Gasteiger partial charge in [-0.15, -0.1) is 0 Å². The second-order valence-corrected chi connectivity index (χ2v) is 10.9. The van der Waals surface area contributed by atoms with Crippen LogP contribution in [0.2, 0.25) is 0 Å². The highest BCUT2D eigenvalue weighted by Gasteiger charge is 2.48. The Hall–Kier alpha value is -2.16. The van der Waals surface area contributed by atoms with Crippen LogP contribution in [0, 0.1) is 0 Å². The molecule has 0 heterocycles. The van der Waals surface area contributed by atoms with Gasteiger partial charge in [0.25, 0.3) is 17.9 Å². The van der Waals surface area contributed by atoms with Crippen molar-refractivity contribution >= 4 is 32.7 Å². The van der Waals surface area contributed by atoms with Gasteiger partial charge in [-0.2, -0.15) is 0 Å². The molecule has 35 heavy (non-hydrogen) atoms. The van der Waals surface area contributed by atoms with E-state index >= 15 is 0 Å². The van der Waals surface area contributed by atoms with Gasteiger partial charge in [0.05, 0.1) is 0 Å². The maximum absolute atomic E-state index is 10.8. The fourth-order valence-electron chi connectivity index (χ4n) is 3.44. The first-order valence-corrected chi connectivity index (χ1v) is 14.8. The first-order chi connectivity index (χ1) is 16.6. The van der Waals surface area contributed by atoms with Gasteiger partial charge < -0.3 is 18.4 Å². The second kappa shape index (κ2) is 23.6. The van der Waals surface area contributed by atoms with Gasteiger partial charge in [0.2, 0.25) is 0 Å².